The summed E-state index contributed by atoms with van der Waals surface area (Å²) in [6, 6.07) is 13.3. The number of nitrogens with one attached hydrogen (secondary N) is 1. The van der Waals surface area contributed by atoms with Gasteiger partial charge in [-0.3, -0.25) is 4.79 Å². The molecule has 2 heterocycles. The number of rotatable bonds is 3. The summed E-state index contributed by atoms with van der Waals surface area (Å²) < 4.78 is 15.6. The lowest BCUT2D eigenvalue weighted by molar-refractivity contribution is 0.0706. The van der Waals surface area contributed by atoms with Crippen LogP contribution in [0.3, 0.4) is 0 Å². The smallest absolute Gasteiger partial charge is 0.339 e. The third kappa shape index (κ3) is 3.45. The first kappa shape index (κ1) is 18.4. The van der Waals surface area contributed by atoms with Gasteiger partial charge in [-0.2, -0.15) is 5.10 Å². The summed E-state index contributed by atoms with van der Waals surface area (Å²) in [7, 11) is 0. The number of amides is 1. The van der Waals surface area contributed by atoms with Crippen LogP contribution in [0.4, 0.5) is 4.39 Å². The van der Waals surface area contributed by atoms with Crippen LogP contribution in [-0.2, 0) is 0 Å². The number of aromatic amines is 1. The summed E-state index contributed by atoms with van der Waals surface area (Å²) >= 11 is 5.90. The van der Waals surface area contributed by atoms with E-state index >= 15 is 0 Å². The monoisotopic (exact) mass is 400 g/mol. The van der Waals surface area contributed by atoms with Gasteiger partial charge in [0.1, 0.15) is 11.6 Å². The normalized spacial score (nSPS) is 15.0. The van der Waals surface area contributed by atoms with Gasteiger partial charge >= 0.3 is 5.69 Å². The Balaban J connectivity index is 1.52. The molecule has 1 amide bonds. The molecule has 0 atom stereocenters. The van der Waals surface area contributed by atoms with Gasteiger partial charge in [-0.1, -0.05) is 29.8 Å². The minimum atomic E-state index is -0.582. The fraction of sp³-hybridized carbons (Fsp3) is 0.250. The molecule has 0 spiro atoms. The summed E-state index contributed by atoms with van der Waals surface area (Å²) in [4.78, 5) is 26.5. The SMILES string of the molecule is O=C(c1cc(Cl)ccc1F)N1CCC(c2n[nH]c(=O)n2-c2ccccc2)CC1. The second-order valence-corrected chi connectivity index (χ2v) is 7.18. The first-order chi connectivity index (χ1) is 13.5. The predicted octanol–water partition coefficient (Wildman–Crippen LogP) is 3.37. The molecule has 1 aliphatic rings. The van der Waals surface area contributed by atoms with E-state index in [4.69, 9.17) is 11.6 Å². The number of hydrogen-bond acceptors (Lipinski definition) is 3. The Bertz CT molecular complexity index is 1060. The molecule has 0 saturated carbocycles. The number of benzene rings is 2. The molecule has 3 aromatic rings. The molecule has 0 radical (unpaired) electrons. The number of para-hydroxylation sites is 1. The number of likely N-dealkylation sites (tertiary alicyclic amines) is 1. The standard InChI is InChI=1S/C20H18ClFN4O2/c21-14-6-7-17(22)16(12-14)19(27)25-10-8-13(9-11-25)18-23-24-20(28)26(18)15-4-2-1-3-5-15/h1-7,12-13H,8-11H2,(H,24,28). The molecule has 28 heavy (non-hydrogen) atoms. The van der Waals surface area contributed by atoms with Gasteiger partial charge in [-0.25, -0.2) is 18.9 Å². The molecule has 1 N–H and O–H groups in total. The van der Waals surface area contributed by atoms with Crippen molar-refractivity contribution in [1.29, 1.82) is 0 Å². The summed E-state index contributed by atoms with van der Waals surface area (Å²) in [5.41, 5.74) is 0.434. The molecular formula is C20H18ClFN4O2. The quantitative estimate of drug-likeness (QED) is 0.732. The Kier molecular flexibility index (Phi) is 5.00. The second-order valence-electron chi connectivity index (χ2n) is 6.75. The third-order valence-electron chi connectivity index (χ3n) is 5.02. The van der Waals surface area contributed by atoms with E-state index < -0.39 is 5.82 Å². The molecule has 6 nitrogen and oxygen atoms in total. The molecule has 4 rings (SSSR count). The van der Waals surface area contributed by atoms with Gasteiger partial charge in [-0.05, 0) is 43.2 Å². The number of H-pyrrole nitrogens is 1. The van der Waals surface area contributed by atoms with E-state index in [1.54, 1.807) is 9.47 Å². The van der Waals surface area contributed by atoms with Crippen molar-refractivity contribution in [2.24, 2.45) is 0 Å². The summed E-state index contributed by atoms with van der Waals surface area (Å²) in [5, 5.41) is 7.06. The lowest BCUT2D eigenvalue weighted by Gasteiger charge is -2.31. The molecule has 1 aliphatic heterocycles. The van der Waals surface area contributed by atoms with Gasteiger partial charge in [0.05, 0.1) is 11.3 Å². The van der Waals surface area contributed by atoms with Crippen molar-refractivity contribution in [1.82, 2.24) is 19.7 Å². The summed E-state index contributed by atoms with van der Waals surface area (Å²) in [5.74, 6) is -0.285. The topological polar surface area (TPSA) is 71.0 Å². The Morgan fingerprint density at radius 3 is 2.57 bits per heavy atom. The molecule has 1 aromatic heterocycles. The van der Waals surface area contributed by atoms with Crippen LogP contribution >= 0.6 is 11.6 Å². The fourth-order valence-corrected chi connectivity index (χ4v) is 3.75. The second kappa shape index (κ2) is 7.59. The van der Waals surface area contributed by atoms with Gasteiger partial charge < -0.3 is 4.90 Å². The highest BCUT2D eigenvalue weighted by atomic mass is 35.5. The Hall–Kier alpha value is -2.93. The van der Waals surface area contributed by atoms with Crippen LogP contribution in [-0.4, -0.2) is 38.7 Å². The molecule has 0 aliphatic carbocycles. The predicted molar refractivity (Wildman–Crippen MR) is 103 cm³/mol. The zero-order chi connectivity index (χ0) is 19.7. The molecule has 0 bridgehead atoms. The van der Waals surface area contributed by atoms with Crippen LogP contribution in [0.25, 0.3) is 5.69 Å². The van der Waals surface area contributed by atoms with Gasteiger partial charge in [-0.15, -0.1) is 0 Å². The fourth-order valence-electron chi connectivity index (χ4n) is 3.58. The zero-order valence-corrected chi connectivity index (χ0v) is 15.7. The van der Waals surface area contributed by atoms with Crippen molar-refractivity contribution in [2.45, 2.75) is 18.8 Å². The minimum Gasteiger partial charge on any atom is -0.339 e. The average Bonchev–Trinajstić information content (AvgIpc) is 3.11. The van der Waals surface area contributed by atoms with E-state index in [0.29, 0.717) is 36.8 Å². The van der Waals surface area contributed by atoms with Crippen molar-refractivity contribution in [2.75, 3.05) is 13.1 Å². The highest BCUT2D eigenvalue weighted by Crippen LogP contribution is 2.28. The number of aromatic nitrogens is 3. The highest BCUT2D eigenvalue weighted by molar-refractivity contribution is 6.31. The van der Waals surface area contributed by atoms with Crippen molar-refractivity contribution < 1.29 is 9.18 Å². The molecule has 1 fully saturated rings. The summed E-state index contributed by atoms with van der Waals surface area (Å²) in [6.07, 6.45) is 1.26. The van der Waals surface area contributed by atoms with E-state index in [0.717, 1.165) is 5.69 Å². The van der Waals surface area contributed by atoms with E-state index in [1.807, 2.05) is 30.3 Å². The maximum atomic E-state index is 14.0. The van der Waals surface area contributed by atoms with Crippen LogP contribution in [0.2, 0.25) is 5.02 Å². The van der Waals surface area contributed by atoms with E-state index in [1.165, 1.54) is 18.2 Å². The van der Waals surface area contributed by atoms with Gasteiger partial charge in [0, 0.05) is 24.0 Å². The number of carbonyl (C=O) groups excluding carboxylic acids is 1. The minimum absolute atomic E-state index is 0.0208. The van der Waals surface area contributed by atoms with E-state index in [2.05, 4.69) is 10.2 Å². The van der Waals surface area contributed by atoms with Crippen molar-refractivity contribution >= 4 is 17.5 Å². The Morgan fingerprint density at radius 2 is 1.86 bits per heavy atom. The molecular weight excluding hydrogens is 383 g/mol. The van der Waals surface area contributed by atoms with E-state index in [-0.39, 0.29) is 23.1 Å². The number of hydrogen-bond donors (Lipinski definition) is 1. The van der Waals surface area contributed by atoms with Crippen LogP contribution < -0.4 is 5.69 Å². The van der Waals surface area contributed by atoms with Crippen LogP contribution in [0.15, 0.2) is 53.3 Å². The van der Waals surface area contributed by atoms with Gasteiger partial charge in [0.2, 0.25) is 0 Å². The molecule has 2 aromatic carbocycles. The Morgan fingerprint density at radius 1 is 1.14 bits per heavy atom. The van der Waals surface area contributed by atoms with Crippen LogP contribution in [0.5, 0.6) is 0 Å². The van der Waals surface area contributed by atoms with Crippen molar-refractivity contribution in [3.63, 3.8) is 0 Å². The lowest BCUT2D eigenvalue weighted by Crippen LogP contribution is -2.39. The molecule has 144 valence electrons. The largest absolute Gasteiger partial charge is 0.347 e. The average molecular weight is 401 g/mol. The van der Waals surface area contributed by atoms with Gasteiger partial charge in [0.15, 0.2) is 0 Å². The van der Waals surface area contributed by atoms with Crippen LogP contribution in [0.1, 0.15) is 34.9 Å². The van der Waals surface area contributed by atoms with Crippen molar-refractivity contribution in [3.8, 4) is 5.69 Å². The third-order valence-corrected chi connectivity index (χ3v) is 5.25. The highest BCUT2D eigenvalue weighted by Gasteiger charge is 2.29. The summed E-state index contributed by atoms with van der Waals surface area (Å²) in [6.45, 7) is 0.899. The number of piperidine rings is 1. The van der Waals surface area contributed by atoms with Gasteiger partial charge in [0.25, 0.3) is 5.91 Å². The first-order valence-corrected chi connectivity index (χ1v) is 9.39. The zero-order valence-electron chi connectivity index (χ0n) is 14.9. The maximum Gasteiger partial charge on any atom is 0.347 e. The number of halogens is 2. The molecule has 0 unspecified atom stereocenters. The Labute approximate surface area is 165 Å². The van der Waals surface area contributed by atoms with Crippen molar-refractivity contribution in [3.05, 3.63) is 81.2 Å². The first-order valence-electron chi connectivity index (χ1n) is 9.01. The maximum absolute atomic E-state index is 14.0. The number of carbonyl (C=O) groups is 1. The number of nitrogens with zero attached hydrogens (tertiary/aromatic N) is 3. The lowest BCUT2D eigenvalue weighted by atomic mass is 9.95. The molecule has 8 heteroatoms. The van der Waals surface area contributed by atoms with E-state index in [9.17, 15) is 14.0 Å². The molecule has 1 saturated heterocycles. The van der Waals surface area contributed by atoms with Crippen LogP contribution in [0, 0.1) is 5.82 Å².